The molecule has 1 aliphatic carbocycles. The summed E-state index contributed by atoms with van der Waals surface area (Å²) in [5, 5.41) is 19.4. The zero-order valence-corrected chi connectivity index (χ0v) is 21.0. The molecule has 0 aromatic carbocycles. The van der Waals surface area contributed by atoms with Gasteiger partial charge in [0.25, 0.3) is 10.0 Å². The summed E-state index contributed by atoms with van der Waals surface area (Å²) in [6.45, 7) is 1.95. The first-order valence-electron chi connectivity index (χ1n) is 10.4. The van der Waals surface area contributed by atoms with Gasteiger partial charge in [-0.2, -0.15) is 0 Å². The molecule has 10 nitrogen and oxygen atoms in total. The Bertz CT molecular complexity index is 1360. The van der Waals surface area contributed by atoms with Crippen LogP contribution in [0, 0.1) is 11.8 Å². The molecule has 3 atom stereocenters. The van der Waals surface area contributed by atoms with Gasteiger partial charge in [0.2, 0.25) is 5.91 Å². The maximum Gasteiger partial charge on any atom is 0.333 e. The summed E-state index contributed by atoms with van der Waals surface area (Å²) in [7, 11) is -2.29. The van der Waals surface area contributed by atoms with Crippen LogP contribution < -0.4 is 20.7 Å². The van der Waals surface area contributed by atoms with Crippen molar-refractivity contribution in [3.8, 4) is 0 Å². The second kappa shape index (κ2) is 9.82. The number of allylic oxidation sites excluding steroid dienone is 2. The van der Waals surface area contributed by atoms with Gasteiger partial charge in [-0.1, -0.05) is 24.6 Å². The normalized spacial score (nSPS) is 22.0. The van der Waals surface area contributed by atoms with Crippen molar-refractivity contribution in [2.24, 2.45) is 11.8 Å². The Hall–Kier alpha value is -3.19. The van der Waals surface area contributed by atoms with Crippen LogP contribution in [-0.2, 0) is 14.8 Å². The maximum absolute atomic E-state index is 12.5. The molecule has 2 aliphatic rings. The zero-order valence-electron chi connectivity index (χ0n) is 18.6. The fraction of sp³-hybridized carbons (Fsp3) is 0.227. The molecule has 2 aromatic rings. The van der Waals surface area contributed by atoms with E-state index in [0.29, 0.717) is 17.0 Å². The number of hydrogen-bond acceptors (Lipinski definition) is 8. The van der Waals surface area contributed by atoms with Crippen molar-refractivity contribution in [1.82, 2.24) is 20.3 Å². The fourth-order valence-electron chi connectivity index (χ4n) is 3.95. The number of rotatable bonds is 5. The van der Waals surface area contributed by atoms with Crippen molar-refractivity contribution in [3.63, 3.8) is 0 Å². The molecule has 5 N–H and O–H groups in total. The van der Waals surface area contributed by atoms with Gasteiger partial charge in [0.15, 0.2) is 0 Å². The summed E-state index contributed by atoms with van der Waals surface area (Å²) in [5.74, 6) is -0.843. The first-order valence-corrected chi connectivity index (χ1v) is 13.1. The van der Waals surface area contributed by atoms with E-state index in [-0.39, 0.29) is 32.0 Å². The van der Waals surface area contributed by atoms with Crippen LogP contribution in [0.5, 0.6) is 0 Å². The molecule has 0 saturated carbocycles. The van der Waals surface area contributed by atoms with Gasteiger partial charge in [-0.25, -0.2) is 17.9 Å². The number of urea groups is 1. The molecule has 3 unspecified atom stereocenters. The number of fused-ring (bicyclic) bond motifs is 1. The van der Waals surface area contributed by atoms with Crippen molar-refractivity contribution >= 4 is 56.2 Å². The lowest BCUT2D eigenvalue weighted by Crippen LogP contribution is -2.36. The molecule has 3 heterocycles. The number of thiophene rings is 1. The van der Waals surface area contributed by atoms with Crippen molar-refractivity contribution in [2.75, 3.05) is 12.4 Å². The second-order valence-electron chi connectivity index (χ2n) is 7.94. The minimum absolute atomic E-state index is 0.0703. The van der Waals surface area contributed by atoms with Crippen LogP contribution in [0.25, 0.3) is 5.57 Å². The van der Waals surface area contributed by atoms with E-state index < -0.39 is 22.2 Å². The van der Waals surface area contributed by atoms with E-state index in [0.717, 1.165) is 17.0 Å². The van der Waals surface area contributed by atoms with Gasteiger partial charge >= 0.3 is 6.03 Å². The highest BCUT2D eigenvalue weighted by molar-refractivity contribution is 7.92. The van der Waals surface area contributed by atoms with Crippen molar-refractivity contribution in [1.29, 1.82) is 0 Å². The molecule has 35 heavy (non-hydrogen) atoms. The Labute approximate surface area is 210 Å². The predicted octanol–water partition coefficient (Wildman–Crippen LogP) is 2.43. The number of aliphatic hydroxyl groups is 1. The standard InChI is InChI=1S/C22H22ClN5O5S2/c1-11-7-13(24-2)8-16-20(11)21(30)14(9-18(29)27-16)15-4-3-12(10-25-15)26-22(31)28-35(32,33)19-6-5-17(23)34-19/h3-11,20-21,24,30H,1-2H3,(H,27,29)(H2,26,28,31). The number of carbonyl (C=O) groups excluding carboxylic acids is 2. The van der Waals surface area contributed by atoms with Crippen LogP contribution in [0.1, 0.15) is 12.6 Å². The summed E-state index contributed by atoms with van der Waals surface area (Å²) >= 11 is 6.58. The van der Waals surface area contributed by atoms with Gasteiger partial charge in [-0.3, -0.25) is 9.78 Å². The third-order valence-corrected chi connectivity index (χ3v) is 8.59. The van der Waals surface area contributed by atoms with E-state index >= 15 is 0 Å². The molecule has 2 aromatic heterocycles. The van der Waals surface area contributed by atoms with Crippen molar-refractivity contribution in [2.45, 2.75) is 17.2 Å². The minimum atomic E-state index is -4.07. The van der Waals surface area contributed by atoms with Crippen molar-refractivity contribution in [3.05, 3.63) is 70.1 Å². The van der Waals surface area contributed by atoms with Crippen LogP contribution in [0.15, 0.2) is 64.3 Å². The maximum atomic E-state index is 12.5. The summed E-state index contributed by atoms with van der Waals surface area (Å²) in [6, 6.07) is 4.76. The zero-order chi connectivity index (χ0) is 25.3. The molecule has 3 amide bonds. The molecule has 13 heteroatoms. The smallest absolute Gasteiger partial charge is 0.333 e. The summed E-state index contributed by atoms with van der Waals surface area (Å²) in [6.07, 6.45) is 5.36. The van der Waals surface area contributed by atoms with E-state index in [1.165, 1.54) is 36.5 Å². The first-order chi connectivity index (χ1) is 16.6. The summed E-state index contributed by atoms with van der Waals surface area (Å²) in [5.41, 5.74) is 2.34. The topological polar surface area (TPSA) is 150 Å². The van der Waals surface area contributed by atoms with Crippen LogP contribution in [-0.4, -0.2) is 43.6 Å². The molecule has 0 radical (unpaired) electrons. The number of halogens is 1. The monoisotopic (exact) mass is 535 g/mol. The quantitative estimate of drug-likeness (QED) is 0.394. The van der Waals surface area contributed by atoms with E-state index in [1.807, 2.05) is 17.7 Å². The number of sulfonamides is 1. The van der Waals surface area contributed by atoms with Gasteiger partial charge in [0.05, 0.1) is 28.0 Å². The number of anilines is 1. The number of carbonyl (C=O) groups is 2. The van der Waals surface area contributed by atoms with E-state index in [4.69, 9.17) is 11.6 Å². The molecular formula is C22H22ClN5O5S2. The Morgan fingerprint density at radius 3 is 2.63 bits per heavy atom. The lowest BCUT2D eigenvalue weighted by atomic mass is 9.79. The Morgan fingerprint density at radius 1 is 1.23 bits per heavy atom. The van der Waals surface area contributed by atoms with Crippen molar-refractivity contribution < 1.29 is 23.1 Å². The number of nitrogens with one attached hydrogen (secondary N) is 4. The van der Waals surface area contributed by atoms with E-state index in [9.17, 15) is 23.1 Å². The predicted molar refractivity (Wildman–Crippen MR) is 133 cm³/mol. The lowest BCUT2D eigenvalue weighted by Gasteiger charge is -2.32. The molecule has 4 rings (SSSR count). The van der Waals surface area contributed by atoms with Gasteiger partial charge in [0.1, 0.15) is 4.21 Å². The number of likely N-dealkylation sites (N-methyl/N-ethyl adjacent to an activating group) is 1. The third-order valence-electron chi connectivity index (χ3n) is 5.54. The van der Waals surface area contributed by atoms with E-state index in [1.54, 1.807) is 13.1 Å². The van der Waals surface area contributed by atoms with Gasteiger partial charge < -0.3 is 21.1 Å². The number of aromatic nitrogens is 1. The van der Waals surface area contributed by atoms with Crippen LogP contribution in [0.2, 0.25) is 4.34 Å². The summed E-state index contributed by atoms with van der Waals surface area (Å²) in [4.78, 5) is 29.0. The van der Waals surface area contributed by atoms with Crippen LogP contribution in [0.4, 0.5) is 10.5 Å². The number of hydrogen-bond donors (Lipinski definition) is 5. The Morgan fingerprint density at radius 2 is 2.00 bits per heavy atom. The molecule has 1 aliphatic heterocycles. The molecule has 184 valence electrons. The molecule has 0 saturated heterocycles. The van der Waals surface area contributed by atoms with Crippen LogP contribution in [0.3, 0.4) is 0 Å². The average molecular weight is 536 g/mol. The largest absolute Gasteiger partial charge is 0.388 e. The first kappa shape index (κ1) is 24.9. The average Bonchev–Trinajstić information content (AvgIpc) is 3.19. The van der Waals surface area contributed by atoms with E-state index in [2.05, 4.69) is 20.9 Å². The number of pyridine rings is 1. The Balaban J connectivity index is 1.49. The number of nitrogens with zero attached hydrogens (tertiary/aromatic N) is 1. The fourth-order valence-corrected chi connectivity index (χ4v) is 6.34. The molecule has 0 fully saturated rings. The number of aliphatic hydroxyl groups excluding tert-OH is 1. The number of amides is 3. The van der Waals surface area contributed by atoms with Gasteiger partial charge in [-0.05, 0) is 36.3 Å². The molecular weight excluding hydrogens is 514 g/mol. The second-order valence-corrected chi connectivity index (χ2v) is 11.6. The minimum Gasteiger partial charge on any atom is -0.388 e. The highest BCUT2D eigenvalue weighted by atomic mass is 35.5. The summed E-state index contributed by atoms with van der Waals surface area (Å²) < 4.78 is 26.6. The highest BCUT2D eigenvalue weighted by Gasteiger charge is 2.36. The lowest BCUT2D eigenvalue weighted by molar-refractivity contribution is -0.115. The highest BCUT2D eigenvalue weighted by Crippen LogP contribution is 2.36. The Kier molecular flexibility index (Phi) is 6.99. The van der Waals surface area contributed by atoms with Gasteiger partial charge in [-0.15, -0.1) is 11.3 Å². The molecule has 0 spiro atoms. The molecule has 0 bridgehead atoms. The van der Waals surface area contributed by atoms with Gasteiger partial charge in [0, 0.05) is 36.0 Å². The van der Waals surface area contributed by atoms with Crippen LogP contribution >= 0.6 is 22.9 Å². The third kappa shape index (κ3) is 5.40. The SMILES string of the molecule is CNC1=CC(C)C2C(=C1)NC(=O)C=C(c1ccc(NC(=O)NS(=O)(=O)c3ccc(Cl)s3)cn1)C2O.